The Kier molecular flexibility index (Phi) is 5.62. The number of aromatic nitrogens is 2. The summed E-state index contributed by atoms with van der Waals surface area (Å²) in [6, 6.07) is 0. The van der Waals surface area contributed by atoms with E-state index in [9.17, 15) is 4.39 Å². The van der Waals surface area contributed by atoms with Crippen molar-refractivity contribution < 1.29 is 4.39 Å². The van der Waals surface area contributed by atoms with Crippen LogP contribution in [0.15, 0.2) is 6.20 Å². The quantitative estimate of drug-likeness (QED) is 0.707. The number of hydrogen-bond acceptors (Lipinski definition) is 5. The monoisotopic (exact) mass is 241 g/mol. The molecule has 0 unspecified atom stereocenters. The van der Waals surface area contributed by atoms with Crippen LogP contribution in [0.4, 0.5) is 16.2 Å². The lowest BCUT2D eigenvalue weighted by atomic mass is 10.4. The molecule has 17 heavy (non-hydrogen) atoms. The Hall–Kier alpha value is -1.43. The molecule has 0 saturated heterocycles. The third kappa shape index (κ3) is 4.95. The normalized spacial score (nSPS) is 10.6. The van der Waals surface area contributed by atoms with Gasteiger partial charge in [-0.2, -0.15) is 4.98 Å². The molecule has 5 nitrogen and oxygen atoms in total. The average Bonchev–Trinajstić information content (AvgIpc) is 2.28. The van der Waals surface area contributed by atoms with Crippen molar-refractivity contribution in [2.45, 2.75) is 13.3 Å². The molecule has 0 bridgehead atoms. The highest BCUT2D eigenvalue weighted by atomic mass is 19.1. The molecular weight excluding hydrogens is 221 g/mol. The van der Waals surface area contributed by atoms with Gasteiger partial charge in [-0.25, -0.2) is 9.37 Å². The van der Waals surface area contributed by atoms with Crippen LogP contribution in [-0.2, 0) is 0 Å². The molecule has 2 N–H and O–H groups in total. The van der Waals surface area contributed by atoms with Gasteiger partial charge >= 0.3 is 0 Å². The van der Waals surface area contributed by atoms with Crippen LogP contribution in [0.3, 0.4) is 0 Å². The molecule has 1 rings (SSSR count). The minimum Gasteiger partial charge on any atom is -0.367 e. The van der Waals surface area contributed by atoms with Gasteiger partial charge in [0.15, 0.2) is 11.6 Å². The Bertz CT molecular complexity index is 343. The zero-order valence-corrected chi connectivity index (χ0v) is 10.6. The van der Waals surface area contributed by atoms with Crippen LogP contribution < -0.4 is 10.6 Å². The van der Waals surface area contributed by atoms with Crippen molar-refractivity contribution in [3.05, 3.63) is 12.0 Å². The first-order chi connectivity index (χ1) is 8.13. The second-order valence-corrected chi connectivity index (χ2v) is 4.00. The van der Waals surface area contributed by atoms with Crippen LogP contribution in [-0.4, -0.2) is 48.6 Å². The number of hydrogen-bond donors (Lipinski definition) is 2. The lowest BCUT2D eigenvalue weighted by Gasteiger charge is -2.11. The molecule has 1 aromatic heterocycles. The minimum atomic E-state index is -0.420. The van der Waals surface area contributed by atoms with Crippen molar-refractivity contribution in [2.75, 3.05) is 44.4 Å². The summed E-state index contributed by atoms with van der Waals surface area (Å²) in [6.07, 6.45) is 2.12. The first kappa shape index (κ1) is 13.6. The Morgan fingerprint density at radius 2 is 2.12 bits per heavy atom. The highest BCUT2D eigenvalue weighted by molar-refractivity contribution is 5.40. The predicted molar refractivity (Wildman–Crippen MR) is 67.8 cm³/mol. The van der Waals surface area contributed by atoms with Gasteiger partial charge in [-0.3, -0.25) is 0 Å². The van der Waals surface area contributed by atoms with E-state index in [-0.39, 0.29) is 5.82 Å². The highest BCUT2D eigenvalue weighted by Crippen LogP contribution is 2.11. The van der Waals surface area contributed by atoms with Crippen molar-refractivity contribution in [3.8, 4) is 0 Å². The van der Waals surface area contributed by atoms with Crippen LogP contribution in [0.2, 0.25) is 0 Å². The summed E-state index contributed by atoms with van der Waals surface area (Å²) < 4.78 is 13.4. The summed E-state index contributed by atoms with van der Waals surface area (Å²) in [6.45, 7) is 4.31. The molecule has 1 heterocycles. The van der Waals surface area contributed by atoms with E-state index in [0.717, 1.165) is 13.0 Å². The smallest absolute Gasteiger partial charge is 0.224 e. The lowest BCUT2D eigenvalue weighted by molar-refractivity contribution is 0.405. The summed E-state index contributed by atoms with van der Waals surface area (Å²) in [5.41, 5.74) is 0. The standard InChI is InChI=1S/C11H20FN5/c1-4-13-11-15-8-9(12)10(16-11)14-6-5-7-17(2)3/h8H,4-7H2,1-3H3,(H2,13,14,15,16). The molecule has 0 radical (unpaired) electrons. The summed E-state index contributed by atoms with van der Waals surface area (Å²) in [4.78, 5) is 9.98. The van der Waals surface area contributed by atoms with Gasteiger partial charge < -0.3 is 15.5 Å². The van der Waals surface area contributed by atoms with Crippen molar-refractivity contribution >= 4 is 11.8 Å². The van der Waals surface area contributed by atoms with Crippen LogP contribution in [0.1, 0.15) is 13.3 Å². The van der Waals surface area contributed by atoms with Crippen LogP contribution in [0.5, 0.6) is 0 Å². The summed E-state index contributed by atoms with van der Waals surface area (Å²) in [5, 5.41) is 5.92. The number of anilines is 2. The number of rotatable bonds is 7. The van der Waals surface area contributed by atoms with E-state index in [0.29, 0.717) is 19.0 Å². The lowest BCUT2D eigenvalue weighted by Crippen LogP contribution is -2.17. The van der Waals surface area contributed by atoms with Crippen LogP contribution in [0.25, 0.3) is 0 Å². The molecule has 0 amide bonds. The van der Waals surface area contributed by atoms with Crippen molar-refractivity contribution in [2.24, 2.45) is 0 Å². The first-order valence-corrected chi connectivity index (χ1v) is 5.78. The van der Waals surface area contributed by atoms with Gasteiger partial charge in [0.2, 0.25) is 5.95 Å². The number of nitrogens with one attached hydrogen (secondary N) is 2. The van der Waals surface area contributed by atoms with Gasteiger partial charge in [0, 0.05) is 13.1 Å². The Morgan fingerprint density at radius 1 is 1.35 bits per heavy atom. The largest absolute Gasteiger partial charge is 0.367 e. The molecule has 0 saturated carbocycles. The van der Waals surface area contributed by atoms with E-state index in [1.165, 1.54) is 6.20 Å². The van der Waals surface area contributed by atoms with Crippen LogP contribution >= 0.6 is 0 Å². The van der Waals surface area contributed by atoms with E-state index in [4.69, 9.17) is 0 Å². The zero-order chi connectivity index (χ0) is 12.7. The maximum atomic E-state index is 13.4. The zero-order valence-electron chi connectivity index (χ0n) is 10.6. The molecule has 0 aliphatic rings. The van der Waals surface area contributed by atoms with Gasteiger partial charge in [-0.05, 0) is 34.0 Å². The SMILES string of the molecule is CCNc1ncc(F)c(NCCCN(C)C)n1. The average molecular weight is 241 g/mol. The Balaban J connectivity index is 2.48. The second kappa shape index (κ2) is 7.01. The fraction of sp³-hybridized carbons (Fsp3) is 0.636. The highest BCUT2D eigenvalue weighted by Gasteiger charge is 2.05. The maximum Gasteiger partial charge on any atom is 0.224 e. The first-order valence-electron chi connectivity index (χ1n) is 5.78. The molecule has 0 fully saturated rings. The number of nitrogens with zero attached hydrogens (tertiary/aromatic N) is 3. The molecule has 0 atom stereocenters. The molecule has 0 aromatic carbocycles. The van der Waals surface area contributed by atoms with E-state index < -0.39 is 5.82 Å². The maximum absolute atomic E-state index is 13.4. The molecule has 0 aliphatic heterocycles. The van der Waals surface area contributed by atoms with Gasteiger partial charge in [0.25, 0.3) is 0 Å². The summed E-state index contributed by atoms with van der Waals surface area (Å²) >= 11 is 0. The Morgan fingerprint density at radius 3 is 2.76 bits per heavy atom. The molecular formula is C11H20FN5. The van der Waals surface area contributed by atoms with E-state index in [2.05, 4.69) is 25.5 Å². The third-order valence-electron chi connectivity index (χ3n) is 2.15. The van der Waals surface area contributed by atoms with Crippen LogP contribution in [0, 0.1) is 5.82 Å². The third-order valence-corrected chi connectivity index (χ3v) is 2.15. The number of halogens is 1. The fourth-order valence-corrected chi connectivity index (χ4v) is 1.34. The molecule has 0 spiro atoms. The summed E-state index contributed by atoms with van der Waals surface area (Å²) in [5.74, 6) is 0.287. The van der Waals surface area contributed by atoms with Gasteiger partial charge in [0.05, 0.1) is 6.20 Å². The van der Waals surface area contributed by atoms with E-state index in [1.807, 2.05) is 21.0 Å². The minimum absolute atomic E-state index is 0.259. The van der Waals surface area contributed by atoms with Crippen molar-refractivity contribution in [1.82, 2.24) is 14.9 Å². The summed E-state index contributed by atoms with van der Waals surface area (Å²) in [7, 11) is 4.02. The van der Waals surface area contributed by atoms with Gasteiger partial charge in [0.1, 0.15) is 0 Å². The Labute approximate surface area is 101 Å². The van der Waals surface area contributed by atoms with Gasteiger partial charge in [-0.15, -0.1) is 0 Å². The van der Waals surface area contributed by atoms with Gasteiger partial charge in [-0.1, -0.05) is 0 Å². The molecule has 1 aromatic rings. The molecule has 96 valence electrons. The van der Waals surface area contributed by atoms with Crippen molar-refractivity contribution in [3.63, 3.8) is 0 Å². The van der Waals surface area contributed by atoms with Crippen molar-refractivity contribution in [1.29, 1.82) is 0 Å². The van der Waals surface area contributed by atoms with E-state index in [1.54, 1.807) is 0 Å². The molecule has 0 aliphatic carbocycles. The topological polar surface area (TPSA) is 53.1 Å². The predicted octanol–water partition coefficient (Wildman–Crippen LogP) is 1.41. The second-order valence-electron chi connectivity index (χ2n) is 4.00. The van der Waals surface area contributed by atoms with E-state index >= 15 is 0 Å². The molecule has 6 heteroatoms. The fourth-order valence-electron chi connectivity index (χ4n) is 1.34.